The van der Waals surface area contributed by atoms with Gasteiger partial charge in [-0.1, -0.05) is 26.8 Å². The molecule has 10 heteroatoms. The Bertz CT molecular complexity index is 1140. The maximum atomic E-state index is 17.5. The van der Waals surface area contributed by atoms with Crippen LogP contribution in [-0.4, -0.2) is 63.7 Å². The van der Waals surface area contributed by atoms with Crippen molar-refractivity contribution in [1.82, 2.24) is 0 Å². The highest BCUT2D eigenvalue weighted by Crippen LogP contribution is 2.72. The number of carbonyl (C=O) groups is 3. The number of aliphatic hydroxyl groups is 1. The van der Waals surface area contributed by atoms with E-state index < -0.39 is 80.6 Å². The number of esters is 1. The second-order valence-corrected chi connectivity index (χ2v) is 13.3. The van der Waals surface area contributed by atoms with Crippen LogP contribution in [0.4, 0.5) is 13.2 Å². The third kappa shape index (κ3) is 3.59. The Morgan fingerprint density at radius 2 is 1.97 bits per heavy atom. The number of halogens is 3. The number of thioether (sulfide) groups is 1. The largest absolute Gasteiger partial charge is 0.447 e. The molecule has 0 amide bonds. The summed E-state index contributed by atoms with van der Waals surface area (Å²) in [5.74, 6) is -3.51. The van der Waals surface area contributed by atoms with Crippen LogP contribution in [0.15, 0.2) is 23.8 Å². The van der Waals surface area contributed by atoms with Gasteiger partial charge in [0.15, 0.2) is 22.7 Å². The fraction of sp³-hybridized carbons (Fsp3) is 0.759. The van der Waals surface area contributed by atoms with Gasteiger partial charge in [-0.05, 0) is 80.9 Å². The third-order valence-corrected chi connectivity index (χ3v) is 11.6. The molecule has 0 aromatic heterocycles. The number of hydrogen-bond donors (Lipinski definition) is 1. The molecule has 3 saturated carbocycles. The lowest BCUT2D eigenvalue weighted by Gasteiger charge is -2.63. The average Bonchev–Trinajstić information content (AvgIpc) is 3.46. The van der Waals surface area contributed by atoms with E-state index in [4.69, 9.17) is 9.47 Å². The van der Waals surface area contributed by atoms with Gasteiger partial charge in [0, 0.05) is 29.3 Å². The minimum Gasteiger partial charge on any atom is -0.447 e. The van der Waals surface area contributed by atoms with Gasteiger partial charge in [-0.3, -0.25) is 9.59 Å². The highest BCUT2D eigenvalue weighted by molar-refractivity contribution is 8.13. The maximum Gasteiger partial charge on any atom is 0.339 e. The molecular weight excluding hydrogens is 533 g/mol. The highest BCUT2D eigenvalue weighted by atomic mass is 32.2. The molecule has 1 saturated heterocycles. The number of allylic oxidation sites excluding steroid dienone is 4. The van der Waals surface area contributed by atoms with Crippen molar-refractivity contribution in [2.45, 2.75) is 95.4 Å². The highest BCUT2D eigenvalue weighted by Gasteiger charge is 2.78. The normalized spacial score (nSPS) is 48.7. The van der Waals surface area contributed by atoms with Crippen molar-refractivity contribution >= 4 is 28.6 Å². The summed E-state index contributed by atoms with van der Waals surface area (Å²) in [4.78, 5) is 39.6. The third-order valence-electron chi connectivity index (χ3n) is 11.0. The minimum absolute atomic E-state index is 0.00692. The predicted molar refractivity (Wildman–Crippen MR) is 139 cm³/mol. The van der Waals surface area contributed by atoms with Gasteiger partial charge in [0.05, 0.1) is 6.10 Å². The molecule has 1 N–H and O–H groups in total. The summed E-state index contributed by atoms with van der Waals surface area (Å²) in [5.41, 5.74) is -8.31. The number of ether oxygens (including phenoxy) is 2. The predicted octanol–water partition coefficient (Wildman–Crippen LogP) is 4.98. The van der Waals surface area contributed by atoms with Crippen LogP contribution in [0.3, 0.4) is 0 Å². The van der Waals surface area contributed by atoms with Crippen molar-refractivity contribution in [3.05, 3.63) is 23.8 Å². The molecule has 1 aliphatic heterocycles. The van der Waals surface area contributed by atoms with Crippen molar-refractivity contribution in [2.75, 3.05) is 12.6 Å². The van der Waals surface area contributed by atoms with E-state index in [9.17, 15) is 23.9 Å². The molecule has 6 nitrogen and oxygen atoms in total. The van der Waals surface area contributed by atoms with Gasteiger partial charge in [-0.15, -0.1) is 0 Å². The van der Waals surface area contributed by atoms with Gasteiger partial charge in [-0.2, -0.15) is 0 Å². The Morgan fingerprint density at radius 1 is 1.26 bits per heavy atom. The maximum absolute atomic E-state index is 17.5. The molecule has 0 bridgehead atoms. The molecular formula is C29H37F3O6S. The zero-order valence-corrected chi connectivity index (χ0v) is 23.6. The first-order valence-electron chi connectivity index (χ1n) is 13.8. The van der Waals surface area contributed by atoms with Crippen molar-refractivity contribution in [3.63, 3.8) is 0 Å². The number of ketones is 1. The van der Waals surface area contributed by atoms with Crippen LogP contribution in [0.1, 0.15) is 66.2 Å². The molecule has 0 spiro atoms. The fourth-order valence-corrected chi connectivity index (χ4v) is 9.68. The topological polar surface area (TPSA) is 89.9 Å². The summed E-state index contributed by atoms with van der Waals surface area (Å²) in [6, 6.07) is -1.04. The van der Waals surface area contributed by atoms with Gasteiger partial charge < -0.3 is 14.6 Å². The Labute approximate surface area is 231 Å². The number of rotatable bonds is 5. The van der Waals surface area contributed by atoms with E-state index in [0.29, 0.717) is 37.6 Å². The first-order chi connectivity index (χ1) is 18.3. The first-order valence-corrected chi connectivity index (χ1v) is 14.8. The molecule has 0 radical (unpaired) electrons. The van der Waals surface area contributed by atoms with E-state index in [1.165, 1.54) is 19.1 Å². The fourth-order valence-electron chi connectivity index (χ4n) is 8.90. The summed E-state index contributed by atoms with van der Waals surface area (Å²) in [7, 11) is 0. The van der Waals surface area contributed by atoms with E-state index in [2.05, 4.69) is 0 Å². The Morgan fingerprint density at radius 3 is 2.59 bits per heavy atom. The van der Waals surface area contributed by atoms with Crippen molar-refractivity contribution in [1.29, 1.82) is 0 Å². The van der Waals surface area contributed by atoms with Crippen molar-refractivity contribution < 1.29 is 42.1 Å². The van der Waals surface area contributed by atoms with Gasteiger partial charge >= 0.3 is 5.97 Å². The number of hydrogen-bond acceptors (Lipinski definition) is 7. The molecule has 0 aromatic rings. The van der Waals surface area contributed by atoms with E-state index >= 15 is 8.78 Å². The molecule has 5 rings (SSSR count). The van der Waals surface area contributed by atoms with Gasteiger partial charge in [-0.25, -0.2) is 18.0 Å². The molecule has 10 atom stereocenters. The number of carbonyl (C=O) groups excluding carboxylic acids is 3. The number of fused-ring (bicyclic) bond motifs is 5. The molecule has 216 valence electrons. The Kier molecular flexibility index (Phi) is 6.99. The van der Waals surface area contributed by atoms with Crippen LogP contribution in [-0.2, 0) is 23.9 Å². The summed E-state index contributed by atoms with van der Waals surface area (Å²) in [6.07, 6.45) is 1.43. The lowest BCUT2D eigenvalue weighted by atomic mass is 9.44. The average molecular weight is 571 g/mol. The van der Waals surface area contributed by atoms with Crippen LogP contribution in [0.25, 0.3) is 0 Å². The lowest BCUT2D eigenvalue weighted by Crippen LogP contribution is -2.71. The van der Waals surface area contributed by atoms with Gasteiger partial charge in [0.2, 0.25) is 5.12 Å². The zero-order valence-electron chi connectivity index (χ0n) is 22.8. The summed E-state index contributed by atoms with van der Waals surface area (Å²) in [6.45, 7) is 7.06. The smallest absolute Gasteiger partial charge is 0.339 e. The lowest BCUT2D eigenvalue weighted by molar-refractivity contribution is -0.234. The van der Waals surface area contributed by atoms with Crippen molar-refractivity contribution in [2.24, 2.45) is 28.6 Å². The number of alkyl halides is 3. The van der Waals surface area contributed by atoms with Crippen LogP contribution in [0.2, 0.25) is 0 Å². The standard InChI is InChI=1S/C29H37F3O6S/c1-5-27(8-6-10-37-27)23(35)38-29(24(36)39-15-30)16(2)11-18-19-13-21(31)20-12-17(33)7-9-25(20,3)28(19,32)22(34)14-26(18,29)4/h7,9,12,16,18-19,21-22,34H,5-6,8,10-11,13-15H2,1-4H3/t16-,18+,19+,21+,22+,25+,26+,27+,28+,29+/m1/s1. The molecule has 0 unspecified atom stereocenters. The Hall–Kier alpha value is -1.65. The monoisotopic (exact) mass is 570 g/mol. The summed E-state index contributed by atoms with van der Waals surface area (Å²) >= 11 is 0.394. The molecule has 4 fully saturated rings. The van der Waals surface area contributed by atoms with E-state index in [1.54, 1.807) is 20.8 Å². The summed E-state index contributed by atoms with van der Waals surface area (Å²) < 4.78 is 58.9. The van der Waals surface area contributed by atoms with Crippen LogP contribution in [0.5, 0.6) is 0 Å². The second kappa shape index (κ2) is 9.44. The molecule has 1 heterocycles. The van der Waals surface area contributed by atoms with Crippen LogP contribution < -0.4 is 0 Å². The van der Waals surface area contributed by atoms with E-state index in [-0.39, 0.29) is 24.8 Å². The molecule has 5 aliphatic rings. The summed E-state index contributed by atoms with van der Waals surface area (Å²) in [5, 5.41) is 10.9. The van der Waals surface area contributed by atoms with Crippen molar-refractivity contribution in [3.8, 4) is 0 Å². The first kappa shape index (κ1) is 28.9. The molecule has 4 aliphatic carbocycles. The SMILES string of the molecule is CC[C@@]1(C(=O)O[C@]2(C(=O)SCF)[C@H](C)C[C@H]3[C@@H]4C[C@H](F)C5=CC(=O)C=C[C@]5(C)[C@@]4(F)[C@@H](O)C[C@@]32C)CCCO1. The zero-order chi connectivity index (χ0) is 28.6. The van der Waals surface area contributed by atoms with Gasteiger partial charge in [0.1, 0.15) is 12.2 Å². The number of aliphatic hydroxyl groups excluding tert-OH is 1. The van der Waals surface area contributed by atoms with Gasteiger partial charge in [0.25, 0.3) is 0 Å². The molecule has 0 aromatic carbocycles. The quantitative estimate of drug-likeness (QED) is 0.467. The van der Waals surface area contributed by atoms with E-state index in [0.717, 1.165) is 6.08 Å². The van der Waals surface area contributed by atoms with E-state index in [1.807, 2.05) is 0 Å². The second-order valence-electron chi connectivity index (χ2n) is 12.5. The molecule has 39 heavy (non-hydrogen) atoms. The van der Waals surface area contributed by atoms with Crippen LogP contribution >= 0.6 is 11.8 Å². The minimum atomic E-state index is -2.34. The Balaban J connectivity index is 1.62. The van der Waals surface area contributed by atoms with Crippen LogP contribution in [0, 0.1) is 28.6 Å².